The Balaban J connectivity index is 1.80. The fourth-order valence-corrected chi connectivity index (χ4v) is 3.91. The molecule has 1 aromatic heterocycles. The summed E-state index contributed by atoms with van der Waals surface area (Å²) < 4.78 is 29.6. The van der Waals surface area contributed by atoms with Gasteiger partial charge in [0.2, 0.25) is 0 Å². The van der Waals surface area contributed by atoms with Gasteiger partial charge < -0.3 is 4.42 Å². The maximum absolute atomic E-state index is 11.8. The Kier molecular flexibility index (Phi) is 5.26. The summed E-state index contributed by atoms with van der Waals surface area (Å²) in [6.45, 7) is 0. The average molecular weight is 424 g/mol. The monoisotopic (exact) mass is 423 g/mol. The summed E-state index contributed by atoms with van der Waals surface area (Å²) in [7, 11) is -3.27. The number of benzene rings is 3. The number of halogens is 1. The summed E-state index contributed by atoms with van der Waals surface area (Å²) in [5.74, 6) is 1.16. The first kappa shape index (κ1) is 19.4. The first-order valence-electron chi connectivity index (χ1n) is 9.00. The summed E-state index contributed by atoms with van der Waals surface area (Å²) >= 11 is 6.18. The summed E-state index contributed by atoms with van der Waals surface area (Å²) in [6.07, 6.45) is 1.74. The maximum atomic E-state index is 11.8. The fourth-order valence-electron chi connectivity index (χ4n) is 3.09. The highest BCUT2D eigenvalue weighted by Gasteiger charge is 2.18. The molecule has 0 aliphatic heterocycles. The highest BCUT2D eigenvalue weighted by atomic mass is 35.5. The smallest absolute Gasteiger partial charge is 0.199 e. The van der Waals surface area contributed by atoms with Crippen LogP contribution < -0.4 is 0 Å². The second kappa shape index (κ2) is 7.85. The van der Waals surface area contributed by atoms with E-state index in [1.807, 2.05) is 48.5 Å². The van der Waals surface area contributed by atoms with Crippen molar-refractivity contribution in [3.05, 3.63) is 95.3 Å². The van der Waals surface area contributed by atoms with Gasteiger partial charge in [-0.2, -0.15) is 0 Å². The number of hydrogen-bond acceptors (Lipinski definition) is 4. The van der Waals surface area contributed by atoms with E-state index in [9.17, 15) is 8.42 Å². The van der Waals surface area contributed by atoms with Crippen LogP contribution in [0.2, 0.25) is 5.02 Å². The standard InChI is InChI=1S/C23H18ClNO3S/c1-29(26,27)20-12-10-17(11-13-20)23-22(18-8-5-9-19(24)15-18)25-21(28-23)14-16-6-3-2-4-7-16/h2-13,15H,14H2,1H3. The molecule has 4 rings (SSSR count). The van der Waals surface area contributed by atoms with Crippen LogP contribution in [-0.4, -0.2) is 19.7 Å². The summed E-state index contributed by atoms with van der Waals surface area (Å²) in [5.41, 5.74) is 3.35. The van der Waals surface area contributed by atoms with E-state index in [-0.39, 0.29) is 4.90 Å². The second-order valence-electron chi connectivity index (χ2n) is 6.75. The van der Waals surface area contributed by atoms with E-state index >= 15 is 0 Å². The van der Waals surface area contributed by atoms with Gasteiger partial charge in [-0.05, 0) is 42.0 Å². The van der Waals surface area contributed by atoms with Crippen LogP contribution in [0.3, 0.4) is 0 Å². The minimum Gasteiger partial charge on any atom is -0.440 e. The normalized spacial score (nSPS) is 11.5. The zero-order valence-corrected chi connectivity index (χ0v) is 17.2. The number of nitrogens with zero attached hydrogens (tertiary/aromatic N) is 1. The maximum Gasteiger partial charge on any atom is 0.199 e. The molecule has 0 unspecified atom stereocenters. The zero-order chi connectivity index (χ0) is 20.4. The van der Waals surface area contributed by atoms with Gasteiger partial charge in [-0.15, -0.1) is 0 Å². The molecule has 0 N–H and O–H groups in total. The van der Waals surface area contributed by atoms with Gasteiger partial charge in [0, 0.05) is 28.8 Å². The third-order valence-corrected chi connectivity index (χ3v) is 5.88. The predicted octanol–water partition coefficient (Wildman–Crippen LogP) is 5.66. The molecule has 0 saturated carbocycles. The molecule has 3 aromatic carbocycles. The summed E-state index contributed by atoms with van der Waals surface area (Å²) in [6, 6.07) is 24.0. The number of rotatable bonds is 5. The van der Waals surface area contributed by atoms with Crippen LogP contribution in [0.25, 0.3) is 22.6 Å². The first-order chi connectivity index (χ1) is 13.9. The molecule has 29 heavy (non-hydrogen) atoms. The Morgan fingerprint density at radius 2 is 1.62 bits per heavy atom. The second-order valence-corrected chi connectivity index (χ2v) is 9.21. The number of hydrogen-bond donors (Lipinski definition) is 0. The topological polar surface area (TPSA) is 60.2 Å². The largest absolute Gasteiger partial charge is 0.440 e. The molecule has 0 aliphatic carbocycles. The van der Waals surface area contributed by atoms with Crippen LogP contribution in [0.5, 0.6) is 0 Å². The molecule has 0 bridgehead atoms. The van der Waals surface area contributed by atoms with Crippen molar-refractivity contribution in [1.29, 1.82) is 0 Å². The van der Waals surface area contributed by atoms with Crippen molar-refractivity contribution in [3.63, 3.8) is 0 Å². The van der Waals surface area contributed by atoms with Crippen LogP contribution in [0, 0.1) is 0 Å². The Bertz CT molecular complexity index is 1250. The van der Waals surface area contributed by atoms with E-state index in [1.54, 1.807) is 30.3 Å². The lowest BCUT2D eigenvalue weighted by atomic mass is 10.1. The molecule has 0 atom stereocenters. The molecule has 1 heterocycles. The Morgan fingerprint density at radius 3 is 2.28 bits per heavy atom. The van der Waals surface area contributed by atoms with Crippen molar-refractivity contribution in [2.75, 3.05) is 6.26 Å². The van der Waals surface area contributed by atoms with E-state index in [0.29, 0.717) is 28.8 Å². The summed E-state index contributed by atoms with van der Waals surface area (Å²) in [4.78, 5) is 4.98. The van der Waals surface area contributed by atoms with Gasteiger partial charge in [-0.3, -0.25) is 0 Å². The van der Waals surface area contributed by atoms with Crippen molar-refractivity contribution in [2.24, 2.45) is 0 Å². The SMILES string of the molecule is CS(=O)(=O)c1ccc(-c2oc(Cc3ccccc3)nc2-c2cccc(Cl)c2)cc1. The van der Waals surface area contributed by atoms with E-state index < -0.39 is 9.84 Å². The molecular formula is C23H18ClNO3S. The van der Waals surface area contributed by atoms with Gasteiger partial charge >= 0.3 is 0 Å². The molecule has 4 aromatic rings. The number of aromatic nitrogens is 1. The van der Waals surface area contributed by atoms with Crippen LogP contribution in [0.15, 0.2) is 88.2 Å². The molecule has 0 radical (unpaired) electrons. The van der Waals surface area contributed by atoms with Gasteiger partial charge in [0.1, 0.15) is 5.69 Å². The summed E-state index contributed by atoms with van der Waals surface area (Å²) in [5, 5.41) is 0.605. The van der Waals surface area contributed by atoms with E-state index in [2.05, 4.69) is 0 Å². The van der Waals surface area contributed by atoms with Crippen molar-refractivity contribution in [1.82, 2.24) is 4.98 Å². The van der Waals surface area contributed by atoms with Crippen LogP contribution in [-0.2, 0) is 16.3 Å². The molecule has 0 aliphatic rings. The van der Waals surface area contributed by atoms with Gasteiger partial charge in [0.15, 0.2) is 21.5 Å². The van der Waals surface area contributed by atoms with E-state index in [0.717, 1.165) is 16.7 Å². The number of oxazole rings is 1. The molecule has 4 nitrogen and oxygen atoms in total. The first-order valence-corrected chi connectivity index (χ1v) is 11.3. The van der Waals surface area contributed by atoms with Gasteiger partial charge in [0.05, 0.1) is 4.90 Å². The highest BCUT2D eigenvalue weighted by Crippen LogP contribution is 2.34. The number of sulfone groups is 1. The third kappa shape index (κ3) is 4.42. The van der Waals surface area contributed by atoms with Gasteiger partial charge in [-0.1, -0.05) is 54.1 Å². The van der Waals surface area contributed by atoms with E-state index in [4.69, 9.17) is 21.0 Å². The lowest BCUT2D eigenvalue weighted by molar-refractivity contribution is 0.519. The molecule has 0 fully saturated rings. The van der Waals surface area contributed by atoms with Crippen molar-refractivity contribution < 1.29 is 12.8 Å². The van der Waals surface area contributed by atoms with Gasteiger partial charge in [-0.25, -0.2) is 13.4 Å². The predicted molar refractivity (Wildman–Crippen MR) is 115 cm³/mol. The molecule has 0 spiro atoms. The third-order valence-electron chi connectivity index (χ3n) is 4.51. The van der Waals surface area contributed by atoms with Crippen molar-refractivity contribution >= 4 is 21.4 Å². The Labute approximate surface area is 174 Å². The molecular weight excluding hydrogens is 406 g/mol. The minimum atomic E-state index is -3.27. The fraction of sp³-hybridized carbons (Fsp3) is 0.0870. The lowest BCUT2D eigenvalue weighted by Gasteiger charge is -2.04. The molecule has 0 saturated heterocycles. The van der Waals surface area contributed by atoms with Crippen molar-refractivity contribution in [3.8, 4) is 22.6 Å². The molecule has 0 amide bonds. The van der Waals surface area contributed by atoms with Crippen molar-refractivity contribution in [2.45, 2.75) is 11.3 Å². The zero-order valence-electron chi connectivity index (χ0n) is 15.7. The highest BCUT2D eigenvalue weighted by molar-refractivity contribution is 7.90. The van der Waals surface area contributed by atoms with Gasteiger partial charge in [0.25, 0.3) is 0 Å². The quantitative estimate of drug-likeness (QED) is 0.415. The minimum absolute atomic E-state index is 0.259. The Morgan fingerprint density at radius 1 is 0.897 bits per heavy atom. The van der Waals surface area contributed by atoms with Crippen LogP contribution >= 0.6 is 11.6 Å². The average Bonchev–Trinajstić information content (AvgIpc) is 3.12. The lowest BCUT2D eigenvalue weighted by Crippen LogP contribution is -1.96. The Hall–Kier alpha value is -2.89. The molecule has 146 valence electrons. The molecule has 6 heteroatoms. The van der Waals surface area contributed by atoms with E-state index in [1.165, 1.54) is 6.26 Å². The van der Waals surface area contributed by atoms with Crippen LogP contribution in [0.4, 0.5) is 0 Å². The van der Waals surface area contributed by atoms with Crippen LogP contribution in [0.1, 0.15) is 11.5 Å².